The van der Waals surface area contributed by atoms with Crippen molar-refractivity contribution in [1.29, 1.82) is 0 Å². The van der Waals surface area contributed by atoms with Crippen LogP contribution in [-0.4, -0.2) is 24.8 Å². The second kappa shape index (κ2) is 12.6. The highest BCUT2D eigenvalue weighted by molar-refractivity contribution is 6.29. The second-order valence-electron chi connectivity index (χ2n) is 7.30. The Morgan fingerprint density at radius 1 is 0.857 bits per heavy atom. The molecule has 3 heterocycles. The van der Waals surface area contributed by atoms with Gasteiger partial charge in [0.25, 0.3) is 0 Å². The lowest BCUT2D eigenvalue weighted by atomic mass is 10.1. The van der Waals surface area contributed by atoms with Crippen molar-refractivity contribution < 1.29 is 9.85 Å². The summed E-state index contributed by atoms with van der Waals surface area (Å²) in [5.74, 6) is 0.585. The number of aromatic nitrogens is 3. The summed E-state index contributed by atoms with van der Waals surface area (Å²) in [6, 6.07) is 9.07. The van der Waals surface area contributed by atoms with Gasteiger partial charge in [-0.1, -0.05) is 32.0 Å². The number of allylic oxidation sites excluding steroid dienone is 1. The Balaban J connectivity index is 0.000000264. The molecule has 0 amide bonds. The number of nitro groups is 2. The van der Waals surface area contributed by atoms with Gasteiger partial charge in [-0.05, 0) is 42.7 Å². The van der Waals surface area contributed by atoms with E-state index in [9.17, 15) is 20.2 Å². The van der Waals surface area contributed by atoms with E-state index in [-0.39, 0.29) is 28.2 Å². The molecule has 0 fully saturated rings. The number of nitrogens with two attached hydrogens (primary N) is 4. The normalized spacial score (nSPS) is 9.86. The maximum atomic E-state index is 10.4. The Morgan fingerprint density at radius 3 is 1.77 bits per heavy atom. The number of anilines is 4. The smallest absolute Gasteiger partial charge is 0.311 e. The summed E-state index contributed by atoms with van der Waals surface area (Å²) in [4.78, 5) is 30.8. The Labute approximate surface area is 206 Å². The van der Waals surface area contributed by atoms with Crippen molar-refractivity contribution in [2.24, 2.45) is 0 Å². The Morgan fingerprint density at radius 2 is 1.37 bits per heavy atom. The number of pyridine rings is 3. The lowest BCUT2D eigenvalue weighted by molar-refractivity contribution is -0.384. The van der Waals surface area contributed by atoms with Crippen LogP contribution in [0.25, 0.3) is 5.57 Å². The maximum Gasteiger partial charge on any atom is 0.311 e. The molecular weight excluding hydrogens is 478 g/mol. The van der Waals surface area contributed by atoms with E-state index in [4.69, 9.17) is 34.5 Å². The molecule has 0 radical (unpaired) electrons. The Kier molecular flexibility index (Phi) is 10.3. The third-order valence-corrected chi connectivity index (χ3v) is 4.38. The average Bonchev–Trinajstić information content (AvgIpc) is 2.75. The highest BCUT2D eigenvalue weighted by Crippen LogP contribution is 2.21. The number of hydrogen-bond donors (Lipinski definition) is 4. The number of rotatable bonds is 4. The minimum absolute atomic E-state index is 0.0782. The van der Waals surface area contributed by atoms with E-state index in [1.165, 1.54) is 24.3 Å². The van der Waals surface area contributed by atoms with Crippen molar-refractivity contribution in [3.05, 3.63) is 79.7 Å². The molecular formula is C21H26ClN9O4. The van der Waals surface area contributed by atoms with Gasteiger partial charge in [0, 0.05) is 17.8 Å². The highest BCUT2D eigenvalue weighted by Gasteiger charge is 2.13. The maximum absolute atomic E-state index is 10.4. The number of nitrogens with zero attached hydrogens (tertiary/aromatic N) is 5. The van der Waals surface area contributed by atoms with Crippen LogP contribution < -0.4 is 22.9 Å². The Hall–Kier alpha value is -4.52. The predicted molar refractivity (Wildman–Crippen MR) is 137 cm³/mol. The summed E-state index contributed by atoms with van der Waals surface area (Å²) in [5.41, 5.74) is 24.0. The van der Waals surface area contributed by atoms with Crippen molar-refractivity contribution >= 4 is 51.7 Å². The average molecular weight is 504 g/mol. The van der Waals surface area contributed by atoms with E-state index in [2.05, 4.69) is 35.4 Å². The molecule has 3 aromatic rings. The van der Waals surface area contributed by atoms with Gasteiger partial charge in [-0.3, -0.25) is 20.2 Å². The highest BCUT2D eigenvalue weighted by atomic mass is 35.5. The summed E-state index contributed by atoms with van der Waals surface area (Å²) in [5, 5.41) is 20.7. The molecule has 0 saturated heterocycles. The lowest BCUT2D eigenvalue weighted by Gasteiger charge is -2.05. The minimum atomic E-state index is -0.612. The summed E-state index contributed by atoms with van der Waals surface area (Å²) in [6.45, 7) is 9.55. The van der Waals surface area contributed by atoms with E-state index in [1.807, 2.05) is 6.07 Å². The van der Waals surface area contributed by atoms with Crippen LogP contribution in [0.3, 0.4) is 0 Å². The third-order valence-electron chi connectivity index (χ3n) is 4.17. The van der Waals surface area contributed by atoms with Crippen molar-refractivity contribution in [3.8, 4) is 0 Å². The van der Waals surface area contributed by atoms with E-state index >= 15 is 0 Å². The molecule has 0 aliphatic carbocycles. The number of nitrogen functional groups attached to an aromatic ring is 4. The zero-order valence-electron chi connectivity index (χ0n) is 19.3. The standard InChI is InChI=1S/C8H9N3O2.C8H13N3.C5H4ClN3O2/c1-5(2)6-3-4-7(11(12)13)8(9)10-6;1-5(2)7-4-3-6(9)8(10)11-7;6-4-2-1-3(9(10)11)5(7)8-4/h3-4H,1H2,2H3,(H2,9,10);3-5H,9H2,1-2H3,(H2,10,11);1-2H,(H2,7,8). The third kappa shape index (κ3) is 8.74. The van der Waals surface area contributed by atoms with E-state index in [0.717, 1.165) is 11.3 Å². The molecule has 3 aromatic heterocycles. The van der Waals surface area contributed by atoms with Crippen molar-refractivity contribution in [3.63, 3.8) is 0 Å². The van der Waals surface area contributed by atoms with E-state index in [0.29, 0.717) is 23.1 Å². The number of halogens is 1. The van der Waals surface area contributed by atoms with Crippen LogP contribution in [0.4, 0.5) is 34.5 Å². The molecule has 8 N–H and O–H groups in total. The summed E-state index contributed by atoms with van der Waals surface area (Å²) in [6.07, 6.45) is 0. The molecule has 0 spiro atoms. The first-order chi connectivity index (χ1) is 16.2. The molecule has 3 rings (SSSR count). The fourth-order valence-corrected chi connectivity index (χ4v) is 2.43. The van der Waals surface area contributed by atoms with Gasteiger partial charge in [0.05, 0.1) is 21.2 Å². The Bertz CT molecular complexity index is 1240. The van der Waals surface area contributed by atoms with Crippen molar-refractivity contribution in [1.82, 2.24) is 15.0 Å². The van der Waals surface area contributed by atoms with Crippen LogP contribution in [0.2, 0.25) is 5.15 Å². The van der Waals surface area contributed by atoms with Gasteiger partial charge in [0.15, 0.2) is 0 Å². The molecule has 0 bridgehead atoms. The molecule has 14 heteroatoms. The molecule has 0 aliphatic rings. The first-order valence-electron chi connectivity index (χ1n) is 9.89. The summed E-state index contributed by atoms with van der Waals surface area (Å²) >= 11 is 5.41. The van der Waals surface area contributed by atoms with Gasteiger partial charge < -0.3 is 22.9 Å². The van der Waals surface area contributed by atoms with Crippen molar-refractivity contribution in [2.75, 3.05) is 22.9 Å². The molecule has 0 unspecified atom stereocenters. The first kappa shape index (κ1) is 28.5. The van der Waals surface area contributed by atoms with Gasteiger partial charge in [-0.2, -0.15) is 0 Å². The van der Waals surface area contributed by atoms with Crippen LogP contribution in [0.1, 0.15) is 38.1 Å². The second-order valence-corrected chi connectivity index (χ2v) is 7.69. The van der Waals surface area contributed by atoms with Crippen LogP contribution in [0, 0.1) is 20.2 Å². The summed E-state index contributed by atoms with van der Waals surface area (Å²) < 4.78 is 0. The largest absolute Gasteiger partial charge is 0.396 e. The fourth-order valence-electron chi connectivity index (χ4n) is 2.28. The molecule has 0 aliphatic heterocycles. The van der Waals surface area contributed by atoms with Gasteiger partial charge in [-0.15, -0.1) is 0 Å². The van der Waals surface area contributed by atoms with Gasteiger partial charge in [-0.25, -0.2) is 15.0 Å². The van der Waals surface area contributed by atoms with Crippen LogP contribution in [-0.2, 0) is 0 Å². The molecule has 0 saturated carbocycles. The quantitative estimate of drug-likeness (QED) is 0.223. The SMILES string of the molecule is C=C(C)c1ccc([N+](=O)[O-])c(N)n1.CC(C)c1ccc(N)c(N)n1.Nc1nc(Cl)ccc1[N+](=O)[O-]. The zero-order chi connectivity index (χ0) is 26.9. The summed E-state index contributed by atoms with van der Waals surface area (Å²) in [7, 11) is 0. The molecule has 186 valence electrons. The number of hydrogen-bond acceptors (Lipinski definition) is 11. The monoisotopic (exact) mass is 503 g/mol. The van der Waals surface area contributed by atoms with E-state index in [1.54, 1.807) is 13.0 Å². The van der Waals surface area contributed by atoms with Crippen LogP contribution in [0.15, 0.2) is 43.0 Å². The molecule has 35 heavy (non-hydrogen) atoms. The lowest BCUT2D eigenvalue weighted by Crippen LogP contribution is -2.01. The van der Waals surface area contributed by atoms with Gasteiger partial charge >= 0.3 is 11.4 Å². The van der Waals surface area contributed by atoms with Gasteiger partial charge in [0.2, 0.25) is 11.6 Å². The fraction of sp³-hybridized carbons (Fsp3) is 0.190. The van der Waals surface area contributed by atoms with E-state index < -0.39 is 9.85 Å². The van der Waals surface area contributed by atoms with Crippen molar-refractivity contribution in [2.45, 2.75) is 26.7 Å². The van der Waals surface area contributed by atoms with Gasteiger partial charge in [0.1, 0.15) is 11.0 Å². The zero-order valence-corrected chi connectivity index (χ0v) is 20.1. The molecule has 0 atom stereocenters. The van der Waals surface area contributed by atoms with Crippen LogP contribution >= 0.6 is 11.6 Å². The predicted octanol–water partition coefficient (Wildman–Crippen LogP) is 4.20. The first-order valence-corrected chi connectivity index (χ1v) is 10.3. The molecule has 13 nitrogen and oxygen atoms in total. The minimum Gasteiger partial charge on any atom is -0.396 e. The molecule has 0 aromatic carbocycles. The van der Waals surface area contributed by atoms with Crippen LogP contribution in [0.5, 0.6) is 0 Å². The topological polar surface area (TPSA) is 229 Å².